The summed E-state index contributed by atoms with van der Waals surface area (Å²) < 4.78 is 56.4. The molecular formula is C5H9F3NO3P. The molecule has 13 heavy (non-hydrogen) atoms. The summed E-state index contributed by atoms with van der Waals surface area (Å²) in [6.45, 7) is -1.10. The second kappa shape index (κ2) is 3.57. The number of hydrogen-bond acceptors (Lipinski definition) is 3. The van der Waals surface area contributed by atoms with Crippen LogP contribution in [0.2, 0.25) is 0 Å². The lowest BCUT2D eigenvalue weighted by Gasteiger charge is -2.18. The molecule has 0 amide bonds. The van der Waals surface area contributed by atoms with Crippen LogP contribution in [0, 0.1) is 0 Å². The highest BCUT2D eigenvalue weighted by Gasteiger charge is 2.40. The maximum atomic E-state index is 11.7. The van der Waals surface area contributed by atoms with Crippen molar-refractivity contribution in [2.24, 2.45) is 0 Å². The molecule has 8 heteroatoms. The van der Waals surface area contributed by atoms with Gasteiger partial charge < -0.3 is 0 Å². The van der Waals surface area contributed by atoms with Crippen molar-refractivity contribution in [3.05, 3.63) is 0 Å². The Morgan fingerprint density at radius 1 is 1.62 bits per heavy atom. The monoisotopic (exact) mass is 219 g/mol. The van der Waals surface area contributed by atoms with E-state index in [1.54, 1.807) is 0 Å². The lowest BCUT2D eigenvalue weighted by atomic mass is 10.7. The van der Waals surface area contributed by atoms with Crippen molar-refractivity contribution in [1.82, 2.24) is 4.67 Å². The number of nitrogens with zero attached hydrogens (tertiary/aromatic N) is 1. The van der Waals surface area contributed by atoms with Crippen molar-refractivity contribution in [3.8, 4) is 0 Å². The van der Waals surface area contributed by atoms with Crippen molar-refractivity contribution in [2.45, 2.75) is 6.18 Å². The van der Waals surface area contributed by atoms with Gasteiger partial charge in [0.15, 0.2) is 6.61 Å². The zero-order valence-electron chi connectivity index (χ0n) is 6.87. The summed E-state index contributed by atoms with van der Waals surface area (Å²) in [4.78, 5) is 0. The molecule has 0 aliphatic carbocycles. The van der Waals surface area contributed by atoms with Crippen LogP contribution in [0.1, 0.15) is 0 Å². The molecule has 0 bridgehead atoms. The van der Waals surface area contributed by atoms with Crippen LogP contribution in [-0.2, 0) is 13.6 Å². The molecule has 0 N–H and O–H groups in total. The summed E-state index contributed by atoms with van der Waals surface area (Å²) in [7, 11) is -2.25. The van der Waals surface area contributed by atoms with Gasteiger partial charge >= 0.3 is 13.9 Å². The maximum Gasteiger partial charge on any atom is 0.412 e. The van der Waals surface area contributed by atoms with Crippen LogP contribution < -0.4 is 0 Å². The van der Waals surface area contributed by atoms with Gasteiger partial charge in [-0.1, -0.05) is 0 Å². The number of likely N-dealkylation sites (N-methyl/N-ethyl adjacent to an activating group) is 1. The van der Waals surface area contributed by atoms with E-state index in [-0.39, 0.29) is 6.61 Å². The Balaban J connectivity index is 2.48. The van der Waals surface area contributed by atoms with Crippen molar-refractivity contribution in [3.63, 3.8) is 0 Å². The molecule has 0 aromatic rings. The van der Waals surface area contributed by atoms with Gasteiger partial charge in [-0.15, -0.1) is 0 Å². The Hall–Kier alpha value is -0.100. The molecule has 0 spiro atoms. The lowest BCUT2D eigenvalue weighted by molar-refractivity contribution is -0.155. The first-order chi connectivity index (χ1) is 5.83. The van der Waals surface area contributed by atoms with E-state index in [1.807, 2.05) is 0 Å². The van der Waals surface area contributed by atoms with Gasteiger partial charge in [-0.2, -0.15) is 13.2 Å². The Morgan fingerprint density at radius 3 is 2.62 bits per heavy atom. The van der Waals surface area contributed by atoms with E-state index in [2.05, 4.69) is 9.05 Å². The first kappa shape index (κ1) is 11.0. The summed E-state index contributed by atoms with van der Waals surface area (Å²) in [5.74, 6) is 0. The van der Waals surface area contributed by atoms with Gasteiger partial charge in [0, 0.05) is 6.54 Å². The third kappa shape index (κ3) is 2.95. The Labute approximate surface area is 73.2 Å². The molecule has 1 rings (SSSR count). The van der Waals surface area contributed by atoms with E-state index in [9.17, 15) is 17.7 Å². The minimum Gasteiger partial charge on any atom is -0.295 e. The normalized spacial score (nSPS) is 31.1. The van der Waals surface area contributed by atoms with Gasteiger partial charge in [0.05, 0.1) is 6.61 Å². The Morgan fingerprint density at radius 2 is 2.23 bits per heavy atom. The number of hydrogen-bond donors (Lipinski definition) is 0. The first-order valence-electron chi connectivity index (χ1n) is 3.51. The number of rotatable bonds is 2. The minimum absolute atomic E-state index is 0.131. The smallest absolute Gasteiger partial charge is 0.295 e. The second-order valence-corrected chi connectivity index (χ2v) is 4.71. The fourth-order valence-corrected chi connectivity index (χ4v) is 2.22. The summed E-state index contributed by atoms with van der Waals surface area (Å²) >= 11 is 0. The van der Waals surface area contributed by atoms with Crippen LogP contribution in [0.15, 0.2) is 0 Å². The van der Waals surface area contributed by atoms with E-state index in [0.717, 1.165) is 4.67 Å². The zero-order valence-corrected chi connectivity index (χ0v) is 7.77. The molecule has 4 nitrogen and oxygen atoms in total. The van der Waals surface area contributed by atoms with Gasteiger partial charge in [0.1, 0.15) is 0 Å². The third-order valence-corrected chi connectivity index (χ3v) is 3.48. The van der Waals surface area contributed by atoms with E-state index in [4.69, 9.17) is 0 Å². The highest BCUT2D eigenvalue weighted by Crippen LogP contribution is 2.54. The van der Waals surface area contributed by atoms with E-state index < -0.39 is 20.5 Å². The largest absolute Gasteiger partial charge is 0.412 e. The van der Waals surface area contributed by atoms with Crippen LogP contribution >= 0.6 is 7.75 Å². The first-order valence-corrected chi connectivity index (χ1v) is 5.00. The van der Waals surface area contributed by atoms with E-state index in [1.165, 1.54) is 7.05 Å². The second-order valence-electron chi connectivity index (χ2n) is 2.57. The Bertz CT molecular complexity index is 232. The average Bonchev–Trinajstić information content (AvgIpc) is 2.29. The molecule has 1 saturated heterocycles. The molecule has 1 heterocycles. The molecule has 1 unspecified atom stereocenters. The van der Waals surface area contributed by atoms with Gasteiger partial charge in [0.2, 0.25) is 0 Å². The molecule has 0 aromatic heterocycles. The highest BCUT2D eigenvalue weighted by atomic mass is 31.2. The molecule has 1 aliphatic heterocycles. The van der Waals surface area contributed by atoms with Gasteiger partial charge in [-0.3, -0.25) is 9.05 Å². The van der Waals surface area contributed by atoms with Crippen LogP contribution in [0.25, 0.3) is 0 Å². The van der Waals surface area contributed by atoms with Gasteiger partial charge in [0.25, 0.3) is 0 Å². The third-order valence-electron chi connectivity index (χ3n) is 1.48. The minimum atomic E-state index is -4.48. The van der Waals surface area contributed by atoms with Crippen molar-refractivity contribution in [2.75, 3.05) is 26.8 Å². The molecule has 0 aromatic carbocycles. The van der Waals surface area contributed by atoms with Crippen LogP contribution in [-0.4, -0.2) is 37.7 Å². The standard InChI is InChI=1S/C5H9F3NO3P/c1-9-2-3-11-13(9,10)12-4-5(6,7)8/h2-4H2,1H3. The fourth-order valence-electron chi connectivity index (χ4n) is 0.800. The molecule has 1 atom stereocenters. The number of alkyl halides is 3. The summed E-state index contributed by atoms with van der Waals surface area (Å²) in [6, 6.07) is 0. The van der Waals surface area contributed by atoms with Crippen LogP contribution in [0.4, 0.5) is 13.2 Å². The lowest BCUT2D eigenvalue weighted by Crippen LogP contribution is -2.19. The molecule has 0 saturated carbocycles. The van der Waals surface area contributed by atoms with Gasteiger partial charge in [-0.05, 0) is 7.05 Å². The van der Waals surface area contributed by atoms with Crippen LogP contribution in [0.3, 0.4) is 0 Å². The average molecular weight is 219 g/mol. The summed E-state index contributed by atoms with van der Waals surface area (Å²) in [6.07, 6.45) is -4.48. The van der Waals surface area contributed by atoms with Crippen LogP contribution in [0.5, 0.6) is 0 Å². The number of halogens is 3. The highest BCUT2D eigenvalue weighted by molar-refractivity contribution is 7.51. The topological polar surface area (TPSA) is 38.8 Å². The SMILES string of the molecule is CN1CCOP1(=O)OCC(F)(F)F. The fraction of sp³-hybridized carbons (Fsp3) is 1.00. The molecular weight excluding hydrogens is 210 g/mol. The maximum absolute atomic E-state index is 11.7. The molecule has 1 fully saturated rings. The predicted octanol–water partition coefficient (Wildman–Crippen LogP) is 1.64. The Kier molecular flexibility index (Phi) is 3.01. The summed E-state index contributed by atoms with van der Waals surface area (Å²) in [5, 5.41) is 0. The molecule has 78 valence electrons. The van der Waals surface area contributed by atoms with E-state index in [0.29, 0.717) is 6.54 Å². The summed E-state index contributed by atoms with van der Waals surface area (Å²) in [5.41, 5.74) is 0. The molecule has 0 radical (unpaired) electrons. The zero-order chi connectivity index (χ0) is 10.1. The van der Waals surface area contributed by atoms with Crippen molar-refractivity contribution >= 4 is 7.75 Å². The van der Waals surface area contributed by atoms with Crippen molar-refractivity contribution in [1.29, 1.82) is 0 Å². The van der Waals surface area contributed by atoms with Crippen molar-refractivity contribution < 1.29 is 26.8 Å². The molecule has 1 aliphatic rings. The quantitative estimate of drug-likeness (QED) is 0.661. The van der Waals surface area contributed by atoms with Gasteiger partial charge in [-0.25, -0.2) is 9.24 Å². The predicted molar refractivity (Wildman–Crippen MR) is 38.2 cm³/mol. The van der Waals surface area contributed by atoms with E-state index >= 15 is 0 Å².